The van der Waals surface area contributed by atoms with E-state index >= 15 is 0 Å². The Bertz CT molecular complexity index is 1590. The summed E-state index contributed by atoms with van der Waals surface area (Å²) in [6, 6.07) is 19.7. The summed E-state index contributed by atoms with van der Waals surface area (Å²) in [6.07, 6.45) is 5.11. The standard InChI is InChI=1S/C28H26N6O3S/c1-36-20-12-10-19(11-13-20)22-16-21(18-8-4-2-5-9-18)24-25(29)26(38-28(24)30-22)27(35)31-23-17-34(32-37-23)33-14-6-3-7-15-33/h2,4-5,8-13,16-17H,3,6-7,14-15H2,1H3,(H2-,29,31,32,35)/p+1. The number of hydrogen-bond acceptors (Lipinski definition) is 8. The molecule has 2 aromatic carbocycles. The summed E-state index contributed by atoms with van der Waals surface area (Å²) in [5.74, 6) is 0.663. The number of piperidine rings is 1. The van der Waals surface area contributed by atoms with Crippen molar-refractivity contribution in [3.63, 3.8) is 0 Å². The monoisotopic (exact) mass is 527 g/mol. The second kappa shape index (κ2) is 10.1. The van der Waals surface area contributed by atoms with Crippen molar-refractivity contribution >= 4 is 39.0 Å². The summed E-state index contributed by atoms with van der Waals surface area (Å²) in [6.45, 7) is 1.80. The zero-order chi connectivity index (χ0) is 26.1. The SMILES string of the molecule is COc1ccc(-c2cc(-c3ccccc3)c3c(N)c(C(=O)Nc4c[n+](N5CCCCC5)no4)sc3n2)cc1. The highest BCUT2D eigenvalue weighted by atomic mass is 32.1. The van der Waals surface area contributed by atoms with Crippen LogP contribution in [0.5, 0.6) is 5.75 Å². The number of nitrogens with two attached hydrogens (primary N) is 1. The predicted octanol–water partition coefficient (Wildman–Crippen LogP) is 4.87. The van der Waals surface area contributed by atoms with Crippen LogP contribution in [0.15, 0.2) is 71.4 Å². The Morgan fingerprint density at radius 3 is 2.58 bits per heavy atom. The number of anilines is 2. The van der Waals surface area contributed by atoms with Crippen molar-refractivity contribution in [2.24, 2.45) is 0 Å². The zero-order valence-electron chi connectivity index (χ0n) is 20.9. The molecular weight excluding hydrogens is 500 g/mol. The zero-order valence-corrected chi connectivity index (χ0v) is 21.7. The fraction of sp³-hybridized carbons (Fsp3) is 0.214. The molecule has 0 atom stereocenters. The fourth-order valence-corrected chi connectivity index (χ4v) is 5.74. The normalized spacial score (nSPS) is 13.6. The van der Waals surface area contributed by atoms with Gasteiger partial charge in [-0.05, 0) is 60.7 Å². The highest BCUT2D eigenvalue weighted by Crippen LogP contribution is 2.41. The quantitative estimate of drug-likeness (QED) is 0.303. The molecule has 1 fully saturated rings. The molecular formula is C28H27N6O3S+. The Morgan fingerprint density at radius 1 is 1.08 bits per heavy atom. The minimum atomic E-state index is -0.363. The first-order valence-corrected chi connectivity index (χ1v) is 13.3. The van der Waals surface area contributed by atoms with Gasteiger partial charge in [0.1, 0.15) is 15.5 Å². The van der Waals surface area contributed by atoms with E-state index in [4.69, 9.17) is 20.0 Å². The molecule has 38 heavy (non-hydrogen) atoms. The number of benzene rings is 2. The molecule has 3 N–H and O–H groups in total. The number of amides is 1. The van der Waals surface area contributed by atoms with E-state index in [1.807, 2.05) is 60.7 Å². The molecule has 192 valence electrons. The molecule has 0 bridgehead atoms. The Balaban J connectivity index is 1.38. The van der Waals surface area contributed by atoms with Crippen molar-refractivity contribution in [3.8, 4) is 28.1 Å². The lowest BCUT2D eigenvalue weighted by atomic mass is 9.99. The van der Waals surface area contributed by atoms with E-state index in [-0.39, 0.29) is 11.8 Å². The fourth-order valence-electron chi connectivity index (χ4n) is 4.72. The van der Waals surface area contributed by atoms with E-state index in [0.29, 0.717) is 15.4 Å². The predicted molar refractivity (Wildman–Crippen MR) is 148 cm³/mol. The minimum Gasteiger partial charge on any atom is -0.497 e. The molecule has 1 aliphatic heterocycles. The lowest BCUT2D eigenvalue weighted by Crippen LogP contribution is -2.60. The van der Waals surface area contributed by atoms with E-state index in [9.17, 15) is 4.79 Å². The highest BCUT2D eigenvalue weighted by molar-refractivity contribution is 7.21. The second-order valence-electron chi connectivity index (χ2n) is 9.13. The molecule has 10 heteroatoms. The van der Waals surface area contributed by atoms with Crippen LogP contribution in [0.25, 0.3) is 32.6 Å². The average Bonchev–Trinajstić information content (AvgIpc) is 3.58. The van der Waals surface area contributed by atoms with Crippen LogP contribution < -0.4 is 25.6 Å². The molecule has 0 unspecified atom stereocenters. The molecule has 6 rings (SSSR count). The number of carbonyl (C=O) groups is 1. The van der Waals surface area contributed by atoms with Crippen LogP contribution in [-0.4, -0.2) is 36.4 Å². The maximum Gasteiger partial charge on any atom is 0.306 e. The third kappa shape index (κ3) is 4.54. The van der Waals surface area contributed by atoms with Gasteiger partial charge in [0.05, 0.1) is 36.4 Å². The first kappa shape index (κ1) is 23.9. The first-order chi connectivity index (χ1) is 18.6. The number of hydrogen-bond donors (Lipinski definition) is 2. The largest absolute Gasteiger partial charge is 0.497 e. The van der Waals surface area contributed by atoms with E-state index in [0.717, 1.165) is 59.5 Å². The van der Waals surface area contributed by atoms with Gasteiger partial charge in [-0.15, -0.1) is 11.3 Å². The van der Waals surface area contributed by atoms with Crippen LogP contribution in [0, 0.1) is 0 Å². The number of thiophene rings is 1. The molecule has 1 saturated heterocycles. The molecule has 3 aromatic heterocycles. The van der Waals surface area contributed by atoms with Crippen LogP contribution in [0.2, 0.25) is 0 Å². The number of methoxy groups -OCH3 is 1. The van der Waals surface area contributed by atoms with Crippen LogP contribution in [0.3, 0.4) is 0 Å². The van der Waals surface area contributed by atoms with Crippen LogP contribution in [-0.2, 0) is 0 Å². The number of rotatable bonds is 6. The van der Waals surface area contributed by atoms with Gasteiger partial charge in [-0.1, -0.05) is 30.3 Å². The van der Waals surface area contributed by atoms with Crippen LogP contribution in [0.4, 0.5) is 11.6 Å². The van der Waals surface area contributed by atoms with Gasteiger partial charge in [-0.25, -0.2) is 4.98 Å². The van der Waals surface area contributed by atoms with E-state index in [2.05, 4.69) is 15.6 Å². The van der Waals surface area contributed by atoms with Gasteiger partial charge in [0, 0.05) is 10.9 Å². The topological polar surface area (TPSA) is 110 Å². The number of nitrogen functional groups attached to an aromatic ring is 1. The Labute approximate surface area is 223 Å². The molecule has 1 amide bonds. The first-order valence-electron chi connectivity index (χ1n) is 12.5. The summed E-state index contributed by atoms with van der Waals surface area (Å²) < 4.78 is 10.7. The third-order valence-corrected chi connectivity index (χ3v) is 7.79. The maximum absolute atomic E-state index is 13.3. The number of aromatic nitrogens is 3. The molecule has 0 aliphatic carbocycles. The van der Waals surface area contributed by atoms with Crippen LogP contribution in [0.1, 0.15) is 28.9 Å². The van der Waals surface area contributed by atoms with Crippen molar-refractivity contribution in [3.05, 3.63) is 71.7 Å². The highest BCUT2D eigenvalue weighted by Gasteiger charge is 2.26. The molecule has 0 saturated carbocycles. The van der Waals surface area contributed by atoms with E-state index < -0.39 is 0 Å². The maximum atomic E-state index is 13.3. The van der Waals surface area contributed by atoms with Gasteiger partial charge in [0.25, 0.3) is 12.1 Å². The van der Waals surface area contributed by atoms with Crippen molar-refractivity contribution < 1.29 is 18.8 Å². The lowest BCUT2D eigenvalue weighted by Gasteiger charge is -2.17. The average molecular weight is 528 g/mol. The number of pyridine rings is 1. The van der Waals surface area contributed by atoms with Gasteiger partial charge >= 0.3 is 5.88 Å². The molecule has 5 aromatic rings. The Kier molecular flexibility index (Phi) is 6.38. The minimum absolute atomic E-state index is 0.257. The summed E-state index contributed by atoms with van der Waals surface area (Å²) >= 11 is 1.26. The summed E-state index contributed by atoms with van der Waals surface area (Å²) in [5, 5.41) is 9.72. The van der Waals surface area contributed by atoms with Crippen molar-refractivity contribution in [2.75, 3.05) is 36.3 Å². The number of nitrogens with one attached hydrogen (secondary N) is 1. The van der Waals surface area contributed by atoms with Gasteiger partial charge in [-0.3, -0.25) is 14.6 Å². The number of ether oxygens (including phenoxy) is 1. The van der Waals surface area contributed by atoms with Gasteiger partial charge in [-0.2, -0.15) is 5.01 Å². The summed E-state index contributed by atoms with van der Waals surface area (Å²) in [7, 11) is 1.64. The Hall–Kier alpha value is -4.44. The molecule has 0 radical (unpaired) electrons. The molecule has 4 heterocycles. The molecule has 0 spiro atoms. The second-order valence-corrected chi connectivity index (χ2v) is 10.1. The summed E-state index contributed by atoms with van der Waals surface area (Å²) in [5.41, 5.74) is 10.6. The van der Waals surface area contributed by atoms with Crippen molar-refractivity contribution in [2.45, 2.75) is 19.3 Å². The lowest BCUT2D eigenvalue weighted by molar-refractivity contribution is -0.759. The van der Waals surface area contributed by atoms with E-state index in [1.54, 1.807) is 18.1 Å². The van der Waals surface area contributed by atoms with Gasteiger partial charge in [0.2, 0.25) is 5.27 Å². The number of fused-ring (bicyclic) bond motifs is 1. The van der Waals surface area contributed by atoms with Crippen molar-refractivity contribution in [1.82, 2.24) is 10.3 Å². The molecule has 9 nitrogen and oxygen atoms in total. The van der Waals surface area contributed by atoms with Crippen LogP contribution >= 0.6 is 11.3 Å². The van der Waals surface area contributed by atoms with E-state index in [1.165, 1.54) is 17.8 Å². The smallest absolute Gasteiger partial charge is 0.306 e. The Morgan fingerprint density at radius 2 is 1.84 bits per heavy atom. The number of nitrogens with zero attached hydrogens (tertiary/aromatic N) is 4. The number of carbonyl (C=O) groups excluding carboxylic acids is 1. The van der Waals surface area contributed by atoms with Gasteiger partial charge < -0.3 is 10.5 Å². The third-order valence-electron chi connectivity index (χ3n) is 6.69. The summed E-state index contributed by atoms with van der Waals surface area (Å²) in [4.78, 5) is 20.9. The molecule has 1 aliphatic rings. The van der Waals surface area contributed by atoms with Gasteiger partial charge in [0.15, 0.2) is 0 Å². The van der Waals surface area contributed by atoms with Crippen molar-refractivity contribution in [1.29, 1.82) is 0 Å².